The van der Waals surface area contributed by atoms with Crippen molar-refractivity contribution in [2.75, 3.05) is 38.8 Å². The Labute approximate surface area is 298 Å². The Kier molecular flexibility index (Phi) is 11.1. The van der Waals surface area contributed by atoms with Gasteiger partial charge in [0.2, 0.25) is 0 Å². The number of pyridine rings is 1. The van der Waals surface area contributed by atoms with E-state index in [1.54, 1.807) is 30.3 Å². The predicted octanol–water partition coefficient (Wildman–Crippen LogP) is 8.06. The molecule has 3 fully saturated rings. The number of hydrogen-bond acceptors (Lipinski definition) is 8. The number of para-hydroxylation sites is 1. The average Bonchev–Trinajstić information content (AvgIpc) is 3.12. The topological polar surface area (TPSA) is 90.4 Å². The van der Waals surface area contributed by atoms with E-state index < -0.39 is 35.5 Å². The number of piperidine rings is 3. The summed E-state index contributed by atoms with van der Waals surface area (Å²) in [6.07, 6.45) is 2.79. The van der Waals surface area contributed by atoms with Gasteiger partial charge in [-0.15, -0.1) is 0 Å². The fraction of sp³-hybridized carbons (Fsp3) is 0.324. The number of carbonyl (C=O) groups is 2. The SMILES string of the molecule is COc1ccc([C@H](Cc2c(Cl)cncc2Cl)OC(=O)c2ccc(CN(C(=O)O[C@H]3CN4CCC3CC4)c3c(F)cccc3F)cc2)cc1OC. The molecule has 3 aliphatic heterocycles. The summed E-state index contributed by atoms with van der Waals surface area (Å²) in [6, 6.07) is 14.8. The largest absolute Gasteiger partial charge is 0.493 e. The van der Waals surface area contributed by atoms with Crippen LogP contribution in [-0.4, -0.2) is 61.9 Å². The summed E-state index contributed by atoms with van der Waals surface area (Å²) in [7, 11) is 3.02. The second-order valence-corrected chi connectivity index (χ2v) is 13.0. The molecule has 9 nitrogen and oxygen atoms in total. The van der Waals surface area contributed by atoms with Gasteiger partial charge in [-0.05, 0) is 84.9 Å². The van der Waals surface area contributed by atoms with Crippen LogP contribution in [-0.2, 0) is 22.4 Å². The van der Waals surface area contributed by atoms with Gasteiger partial charge in [0.1, 0.15) is 29.5 Å². The van der Waals surface area contributed by atoms with E-state index in [1.165, 1.54) is 44.8 Å². The minimum Gasteiger partial charge on any atom is -0.493 e. The van der Waals surface area contributed by atoms with Crippen LogP contribution in [0.5, 0.6) is 11.5 Å². The van der Waals surface area contributed by atoms with Crippen LogP contribution in [0.4, 0.5) is 19.3 Å². The third kappa shape index (κ3) is 7.80. The number of halogens is 4. The van der Waals surface area contributed by atoms with Gasteiger partial charge in [0.15, 0.2) is 11.5 Å². The first kappa shape index (κ1) is 35.4. The van der Waals surface area contributed by atoms with E-state index in [2.05, 4.69) is 9.88 Å². The summed E-state index contributed by atoms with van der Waals surface area (Å²) < 4.78 is 52.8. The molecule has 4 heterocycles. The second kappa shape index (κ2) is 15.6. The number of rotatable bonds is 11. The third-order valence-electron chi connectivity index (χ3n) is 9.18. The van der Waals surface area contributed by atoms with Crippen LogP contribution in [0.3, 0.4) is 0 Å². The Morgan fingerprint density at radius 1 is 0.940 bits per heavy atom. The van der Waals surface area contributed by atoms with Crippen molar-refractivity contribution in [3.8, 4) is 11.5 Å². The van der Waals surface area contributed by atoms with Gasteiger partial charge in [-0.25, -0.2) is 18.4 Å². The van der Waals surface area contributed by atoms with E-state index in [4.69, 9.17) is 42.1 Å². The van der Waals surface area contributed by atoms with Gasteiger partial charge in [0.25, 0.3) is 0 Å². The highest BCUT2D eigenvalue weighted by Gasteiger charge is 2.38. The Hall–Kier alpha value is -4.45. The minimum atomic E-state index is -0.897. The number of ether oxygens (including phenoxy) is 4. The molecule has 0 radical (unpaired) electrons. The summed E-state index contributed by atoms with van der Waals surface area (Å²) in [6.45, 7) is 2.27. The van der Waals surface area contributed by atoms with Gasteiger partial charge >= 0.3 is 12.1 Å². The molecule has 0 saturated carbocycles. The first-order chi connectivity index (χ1) is 24.1. The normalized spacial score (nSPS) is 18.6. The van der Waals surface area contributed by atoms with Gasteiger partial charge in [0, 0.05) is 25.4 Å². The van der Waals surface area contributed by atoms with E-state index in [9.17, 15) is 9.59 Å². The predicted molar refractivity (Wildman–Crippen MR) is 184 cm³/mol. The number of esters is 1. The van der Waals surface area contributed by atoms with Crippen LogP contribution in [0.2, 0.25) is 10.0 Å². The maximum absolute atomic E-state index is 15.0. The van der Waals surface area contributed by atoms with Crippen molar-refractivity contribution in [1.82, 2.24) is 9.88 Å². The highest BCUT2D eigenvalue weighted by Crippen LogP contribution is 2.36. The van der Waals surface area contributed by atoms with Crippen molar-refractivity contribution < 1.29 is 37.3 Å². The van der Waals surface area contributed by atoms with Crippen molar-refractivity contribution in [1.29, 1.82) is 0 Å². The molecule has 0 spiro atoms. The quantitative estimate of drug-likeness (QED) is 0.144. The molecule has 1 aromatic heterocycles. The number of anilines is 1. The molecule has 0 aliphatic carbocycles. The van der Waals surface area contributed by atoms with E-state index >= 15 is 8.78 Å². The van der Waals surface area contributed by atoms with Gasteiger partial charge in [0.05, 0.1) is 36.4 Å². The fourth-order valence-corrected chi connectivity index (χ4v) is 6.96. The Morgan fingerprint density at radius 3 is 2.20 bits per heavy atom. The lowest BCUT2D eigenvalue weighted by molar-refractivity contribution is -0.0312. The van der Waals surface area contributed by atoms with Crippen molar-refractivity contribution in [3.05, 3.63) is 117 Å². The second-order valence-electron chi connectivity index (χ2n) is 12.2. The molecule has 0 unspecified atom stereocenters. The van der Waals surface area contributed by atoms with Crippen LogP contribution < -0.4 is 14.4 Å². The lowest BCUT2D eigenvalue weighted by atomic mass is 9.86. The van der Waals surface area contributed by atoms with E-state index in [-0.39, 0.29) is 30.6 Å². The zero-order valence-corrected chi connectivity index (χ0v) is 28.9. The molecular weight excluding hydrogens is 691 g/mol. The summed E-state index contributed by atoms with van der Waals surface area (Å²) in [5.74, 6) is -1.32. The highest BCUT2D eigenvalue weighted by atomic mass is 35.5. The number of fused-ring (bicyclic) bond motifs is 3. The molecule has 4 aromatic rings. The number of benzene rings is 3. The van der Waals surface area contributed by atoms with E-state index in [0.717, 1.165) is 43.0 Å². The molecular formula is C37H35Cl2F2N3O6. The van der Waals surface area contributed by atoms with Crippen LogP contribution >= 0.6 is 23.2 Å². The lowest BCUT2D eigenvalue weighted by Gasteiger charge is -2.44. The highest BCUT2D eigenvalue weighted by molar-refractivity contribution is 6.35. The number of aromatic nitrogens is 1. The number of nitrogens with zero attached hydrogens (tertiary/aromatic N) is 3. The summed E-state index contributed by atoms with van der Waals surface area (Å²) in [5.41, 5.74) is 1.33. The molecule has 13 heteroatoms. The summed E-state index contributed by atoms with van der Waals surface area (Å²) in [5, 5.41) is 0.623. The first-order valence-electron chi connectivity index (χ1n) is 16.1. The van der Waals surface area contributed by atoms with Gasteiger partial charge in [-0.3, -0.25) is 14.8 Å². The molecule has 2 atom stereocenters. The Balaban J connectivity index is 1.23. The van der Waals surface area contributed by atoms with Crippen LogP contribution in [0.25, 0.3) is 0 Å². The smallest absolute Gasteiger partial charge is 0.415 e. The molecule has 0 N–H and O–H groups in total. The van der Waals surface area contributed by atoms with Crippen LogP contribution in [0.1, 0.15) is 46.0 Å². The number of methoxy groups -OCH3 is 2. The number of carbonyl (C=O) groups excluding carboxylic acids is 2. The molecule has 262 valence electrons. The maximum Gasteiger partial charge on any atom is 0.415 e. The van der Waals surface area contributed by atoms with Crippen LogP contribution in [0, 0.1) is 17.6 Å². The molecule has 3 saturated heterocycles. The van der Waals surface area contributed by atoms with Gasteiger partial charge in [-0.2, -0.15) is 0 Å². The molecule has 3 aromatic carbocycles. The lowest BCUT2D eigenvalue weighted by Crippen LogP contribution is -2.53. The molecule has 1 amide bonds. The van der Waals surface area contributed by atoms with E-state index in [0.29, 0.717) is 44.8 Å². The van der Waals surface area contributed by atoms with Crippen LogP contribution in [0.15, 0.2) is 73.1 Å². The first-order valence-corrected chi connectivity index (χ1v) is 16.8. The standard InChI is InChI=1S/C37H35Cl2F2N3O6/c1-47-31-11-10-25(16-33(31)48-2)32(17-26-27(38)18-42-19-28(26)39)49-36(45)24-8-6-22(7-9-24)20-44(35-29(40)4-3-5-30(35)41)37(46)50-34-21-43-14-12-23(34)13-15-43/h3-11,16,18-19,23,32,34H,12-15,17,20-21H2,1-2H3/t32-,34-/m0/s1. The molecule has 2 bridgehead atoms. The monoisotopic (exact) mass is 725 g/mol. The summed E-state index contributed by atoms with van der Waals surface area (Å²) in [4.78, 5) is 34.3. The van der Waals surface area contributed by atoms with Crippen molar-refractivity contribution in [3.63, 3.8) is 0 Å². The van der Waals surface area contributed by atoms with Gasteiger partial charge in [-0.1, -0.05) is 47.5 Å². The zero-order chi connectivity index (χ0) is 35.4. The van der Waals surface area contributed by atoms with E-state index in [1.807, 2.05) is 0 Å². The van der Waals surface area contributed by atoms with Crippen molar-refractivity contribution in [2.24, 2.45) is 5.92 Å². The Bertz CT molecular complexity index is 1820. The molecule has 50 heavy (non-hydrogen) atoms. The fourth-order valence-electron chi connectivity index (χ4n) is 6.44. The number of amides is 1. The summed E-state index contributed by atoms with van der Waals surface area (Å²) >= 11 is 12.8. The Morgan fingerprint density at radius 2 is 1.60 bits per heavy atom. The minimum absolute atomic E-state index is 0.129. The van der Waals surface area contributed by atoms with Crippen molar-refractivity contribution >= 4 is 41.0 Å². The number of hydrogen-bond donors (Lipinski definition) is 0. The molecule has 3 aliphatic rings. The average molecular weight is 727 g/mol. The zero-order valence-electron chi connectivity index (χ0n) is 27.4. The van der Waals surface area contributed by atoms with Gasteiger partial charge < -0.3 is 18.9 Å². The maximum atomic E-state index is 15.0. The van der Waals surface area contributed by atoms with Crippen molar-refractivity contribution in [2.45, 2.75) is 38.0 Å². The molecule has 7 rings (SSSR count). The third-order valence-corrected chi connectivity index (χ3v) is 9.83.